The summed E-state index contributed by atoms with van der Waals surface area (Å²) >= 11 is 0. The van der Waals surface area contributed by atoms with Crippen molar-refractivity contribution in [2.24, 2.45) is 5.92 Å². The van der Waals surface area contributed by atoms with E-state index in [0.717, 1.165) is 16.9 Å². The Balaban J connectivity index is 2.57. The highest BCUT2D eigenvalue weighted by Crippen LogP contribution is 2.17. The Kier molecular flexibility index (Phi) is 4.35. The predicted octanol–water partition coefficient (Wildman–Crippen LogP) is 2.49. The number of carbonyl (C=O) groups excluding carboxylic acids is 1. The molecule has 0 aliphatic rings. The van der Waals surface area contributed by atoms with E-state index in [-0.39, 0.29) is 11.9 Å². The Bertz CT molecular complexity index is 351. The highest BCUT2D eigenvalue weighted by Gasteiger charge is 2.13. The minimum Gasteiger partial charge on any atom is -0.493 e. The zero-order valence-electron chi connectivity index (χ0n) is 10.2. The molecule has 1 aromatic rings. The molecule has 1 atom stereocenters. The first-order valence-corrected chi connectivity index (χ1v) is 5.32. The standard InChI is InChI=1S/C13H18O3/c1-9-5-10(2)7-12(6-9)16-8-11(3)13(14)15-4/h5-7,11H,8H2,1-4H3. The number of carbonyl (C=O) groups is 1. The van der Waals surface area contributed by atoms with E-state index < -0.39 is 0 Å². The lowest BCUT2D eigenvalue weighted by Gasteiger charge is -2.12. The summed E-state index contributed by atoms with van der Waals surface area (Å²) in [6, 6.07) is 5.99. The minimum atomic E-state index is -0.246. The lowest BCUT2D eigenvalue weighted by atomic mass is 10.1. The molecule has 0 N–H and O–H groups in total. The summed E-state index contributed by atoms with van der Waals surface area (Å²) in [7, 11) is 1.38. The molecule has 0 amide bonds. The van der Waals surface area contributed by atoms with Crippen LogP contribution >= 0.6 is 0 Å². The lowest BCUT2D eigenvalue weighted by Crippen LogP contribution is -2.20. The zero-order chi connectivity index (χ0) is 12.1. The highest BCUT2D eigenvalue weighted by molar-refractivity contribution is 5.71. The topological polar surface area (TPSA) is 35.5 Å². The molecule has 1 rings (SSSR count). The van der Waals surface area contributed by atoms with Gasteiger partial charge in [-0.25, -0.2) is 0 Å². The second-order valence-electron chi connectivity index (χ2n) is 4.06. The van der Waals surface area contributed by atoms with Crippen LogP contribution in [0.1, 0.15) is 18.1 Å². The van der Waals surface area contributed by atoms with Crippen LogP contribution in [0.3, 0.4) is 0 Å². The summed E-state index contributed by atoms with van der Waals surface area (Å²) in [6.45, 7) is 6.16. The molecule has 0 bridgehead atoms. The van der Waals surface area contributed by atoms with Crippen molar-refractivity contribution < 1.29 is 14.3 Å². The van der Waals surface area contributed by atoms with Crippen LogP contribution in [0.25, 0.3) is 0 Å². The van der Waals surface area contributed by atoms with Crippen molar-refractivity contribution in [3.8, 4) is 5.75 Å². The van der Waals surface area contributed by atoms with Gasteiger partial charge in [-0.05, 0) is 44.0 Å². The van der Waals surface area contributed by atoms with Crippen LogP contribution in [0, 0.1) is 19.8 Å². The van der Waals surface area contributed by atoms with E-state index in [1.165, 1.54) is 7.11 Å². The maximum Gasteiger partial charge on any atom is 0.311 e. The largest absolute Gasteiger partial charge is 0.493 e. The van der Waals surface area contributed by atoms with Crippen LogP contribution in [0.2, 0.25) is 0 Å². The second-order valence-corrected chi connectivity index (χ2v) is 4.06. The first-order chi connectivity index (χ1) is 7.52. The van der Waals surface area contributed by atoms with Crippen molar-refractivity contribution in [3.05, 3.63) is 29.3 Å². The van der Waals surface area contributed by atoms with E-state index in [4.69, 9.17) is 4.74 Å². The van der Waals surface area contributed by atoms with Crippen molar-refractivity contribution in [2.75, 3.05) is 13.7 Å². The molecule has 16 heavy (non-hydrogen) atoms. The Morgan fingerprint density at radius 3 is 2.31 bits per heavy atom. The fourth-order valence-corrected chi connectivity index (χ4v) is 1.51. The fraction of sp³-hybridized carbons (Fsp3) is 0.462. The molecule has 0 saturated heterocycles. The van der Waals surface area contributed by atoms with Crippen LogP contribution in [-0.4, -0.2) is 19.7 Å². The number of hydrogen-bond donors (Lipinski definition) is 0. The Morgan fingerprint density at radius 1 is 1.25 bits per heavy atom. The summed E-state index contributed by atoms with van der Waals surface area (Å²) in [5, 5.41) is 0. The highest BCUT2D eigenvalue weighted by atomic mass is 16.5. The first kappa shape index (κ1) is 12.6. The summed E-state index contributed by atoms with van der Waals surface area (Å²) in [5.41, 5.74) is 2.31. The summed E-state index contributed by atoms with van der Waals surface area (Å²) in [6.07, 6.45) is 0. The predicted molar refractivity (Wildman–Crippen MR) is 62.6 cm³/mol. The quantitative estimate of drug-likeness (QED) is 0.734. The molecule has 0 saturated carbocycles. The van der Waals surface area contributed by atoms with Crippen molar-refractivity contribution in [1.82, 2.24) is 0 Å². The third-order valence-electron chi connectivity index (χ3n) is 2.30. The SMILES string of the molecule is COC(=O)C(C)COc1cc(C)cc(C)c1. The van der Waals surface area contributed by atoms with Gasteiger partial charge in [-0.15, -0.1) is 0 Å². The van der Waals surface area contributed by atoms with Gasteiger partial charge in [-0.3, -0.25) is 4.79 Å². The Morgan fingerprint density at radius 2 is 1.81 bits per heavy atom. The molecular weight excluding hydrogens is 204 g/mol. The van der Waals surface area contributed by atoms with E-state index in [1.807, 2.05) is 26.0 Å². The fourth-order valence-electron chi connectivity index (χ4n) is 1.51. The molecule has 0 radical (unpaired) electrons. The van der Waals surface area contributed by atoms with Gasteiger partial charge in [-0.2, -0.15) is 0 Å². The number of methoxy groups -OCH3 is 1. The Hall–Kier alpha value is -1.51. The third-order valence-corrected chi connectivity index (χ3v) is 2.30. The van der Waals surface area contributed by atoms with Gasteiger partial charge in [0, 0.05) is 0 Å². The van der Waals surface area contributed by atoms with Gasteiger partial charge in [0.15, 0.2) is 0 Å². The first-order valence-electron chi connectivity index (χ1n) is 5.32. The van der Waals surface area contributed by atoms with E-state index >= 15 is 0 Å². The number of ether oxygens (including phenoxy) is 2. The molecule has 3 nitrogen and oxygen atoms in total. The maximum absolute atomic E-state index is 11.2. The van der Waals surface area contributed by atoms with Gasteiger partial charge >= 0.3 is 5.97 Å². The molecule has 0 aromatic heterocycles. The molecular formula is C13H18O3. The molecule has 1 aromatic carbocycles. The van der Waals surface area contributed by atoms with Gasteiger partial charge in [0.05, 0.1) is 13.0 Å². The van der Waals surface area contributed by atoms with Gasteiger partial charge in [0.1, 0.15) is 12.4 Å². The summed E-state index contributed by atoms with van der Waals surface area (Å²) in [5.74, 6) is 0.309. The summed E-state index contributed by atoms with van der Waals surface area (Å²) < 4.78 is 10.2. The zero-order valence-corrected chi connectivity index (χ0v) is 10.2. The van der Waals surface area contributed by atoms with Crippen LogP contribution in [0.5, 0.6) is 5.75 Å². The number of esters is 1. The van der Waals surface area contributed by atoms with Crippen molar-refractivity contribution in [1.29, 1.82) is 0 Å². The number of rotatable bonds is 4. The van der Waals surface area contributed by atoms with Crippen LogP contribution in [0.4, 0.5) is 0 Å². The molecule has 88 valence electrons. The number of aryl methyl sites for hydroxylation is 2. The maximum atomic E-state index is 11.2. The molecule has 1 unspecified atom stereocenters. The van der Waals surface area contributed by atoms with Crippen molar-refractivity contribution >= 4 is 5.97 Å². The third kappa shape index (κ3) is 3.57. The molecule has 0 aliphatic carbocycles. The smallest absolute Gasteiger partial charge is 0.311 e. The van der Waals surface area contributed by atoms with Crippen LogP contribution < -0.4 is 4.74 Å². The number of hydrogen-bond acceptors (Lipinski definition) is 3. The van der Waals surface area contributed by atoms with Crippen molar-refractivity contribution in [2.45, 2.75) is 20.8 Å². The van der Waals surface area contributed by atoms with Gasteiger partial charge in [-0.1, -0.05) is 6.07 Å². The van der Waals surface area contributed by atoms with Gasteiger partial charge in [0.2, 0.25) is 0 Å². The molecule has 3 heteroatoms. The molecule has 0 aliphatic heterocycles. The summed E-state index contributed by atoms with van der Waals surface area (Å²) in [4.78, 5) is 11.2. The monoisotopic (exact) mass is 222 g/mol. The van der Waals surface area contributed by atoms with E-state index in [0.29, 0.717) is 6.61 Å². The van der Waals surface area contributed by atoms with Crippen molar-refractivity contribution in [3.63, 3.8) is 0 Å². The average molecular weight is 222 g/mol. The Labute approximate surface area is 96.4 Å². The van der Waals surface area contributed by atoms with Gasteiger partial charge < -0.3 is 9.47 Å². The van der Waals surface area contributed by atoms with E-state index in [2.05, 4.69) is 10.8 Å². The average Bonchev–Trinajstić information content (AvgIpc) is 2.23. The van der Waals surface area contributed by atoms with E-state index in [1.54, 1.807) is 6.92 Å². The van der Waals surface area contributed by atoms with Crippen LogP contribution in [0.15, 0.2) is 18.2 Å². The molecule has 0 spiro atoms. The lowest BCUT2D eigenvalue weighted by molar-refractivity contribution is -0.145. The molecule has 0 fully saturated rings. The normalized spacial score (nSPS) is 12.0. The number of benzene rings is 1. The molecule has 0 heterocycles. The minimum absolute atomic E-state index is 0.245. The van der Waals surface area contributed by atoms with Gasteiger partial charge in [0.25, 0.3) is 0 Å². The second kappa shape index (κ2) is 5.54. The van der Waals surface area contributed by atoms with E-state index in [9.17, 15) is 4.79 Å². The van der Waals surface area contributed by atoms with Crippen LogP contribution in [-0.2, 0) is 9.53 Å².